The SMILES string of the molecule is COc1cnn(CC2CCS(=O)(=O)C2)c1Cl. The average Bonchev–Trinajstić information content (AvgIpc) is 2.72. The summed E-state index contributed by atoms with van der Waals surface area (Å²) in [6, 6.07) is 0. The highest BCUT2D eigenvalue weighted by molar-refractivity contribution is 7.91. The van der Waals surface area contributed by atoms with Gasteiger partial charge in [-0.3, -0.25) is 4.68 Å². The Morgan fingerprint density at radius 2 is 2.44 bits per heavy atom. The Hall–Kier alpha value is -0.750. The molecular weight excluding hydrogens is 252 g/mol. The number of rotatable bonds is 3. The second-order valence-corrected chi connectivity index (χ2v) is 6.54. The zero-order valence-corrected chi connectivity index (χ0v) is 10.5. The molecule has 1 aromatic heterocycles. The largest absolute Gasteiger partial charge is 0.492 e. The highest BCUT2D eigenvalue weighted by Gasteiger charge is 2.28. The van der Waals surface area contributed by atoms with Crippen LogP contribution in [0, 0.1) is 5.92 Å². The van der Waals surface area contributed by atoms with E-state index in [0.717, 1.165) is 0 Å². The minimum absolute atomic E-state index is 0.104. The molecule has 90 valence electrons. The third-order valence-corrected chi connectivity index (χ3v) is 4.94. The number of halogens is 1. The third kappa shape index (κ3) is 2.32. The number of nitrogens with zero attached hydrogens (tertiary/aromatic N) is 2. The van der Waals surface area contributed by atoms with Gasteiger partial charge in [0.15, 0.2) is 20.7 Å². The van der Waals surface area contributed by atoms with E-state index < -0.39 is 9.84 Å². The minimum Gasteiger partial charge on any atom is -0.492 e. The van der Waals surface area contributed by atoms with Gasteiger partial charge < -0.3 is 4.74 Å². The fraction of sp³-hybridized carbons (Fsp3) is 0.667. The zero-order valence-electron chi connectivity index (χ0n) is 8.89. The summed E-state index contributed by atoms with van der Waals surface area (Å²) in [5.74, 6) is 1.12. The molecule has 0 amide bonds. The molecule has 1 aromatic rings. The van der Waals surface area contributed by atoms with Crippen molar-refractivity contribution in [1.82, 2.24) is 9.78 Å². The number of ether oxygens (including phenoxy) is 1. The Bertz CT molecular complexity index is 483. The Morgan fingerprint density at radius 3 is 2.94 bits per heavy atom. The van der Waals surface area contributed by atoms with Gasteiger partial charge in [-0.1, -0.05) is 11.6 Å². The predicted molar refractivity (Wildman–Crippen MR) is 60.5 cm³/mol. The molecule has 5 nitrogen and oxygen atoms in total. The number of hydrogen-bond acceptors (Lipinski definition) is 4. The second kappa shape index (κ2) is 4.25. The first-order valence-electron chi connectivity index (χ1n) is 4.97. The van der Waals surface area contributed by atoms with Crippen LogP contribution in [0.2, 0.25) is 5.15 Å². The van der Waals surface area contributed by atoms with Crippen LogP contribution in [0.25, 0.3) is 0 Å². The van der Waals surface area contributed by atoms with Crippen LogP contribution in [-0.2, 0) is 16.4 Å². The van der Waals surface area contributed by atoms with Gasteiger partial charge in [0.05, 0.1) is 24.8 Å². The van der Waals surface area contributed by atoms with E-state index in [9.17, 15) is 8.42 Å². The van der Waals surface area contributed by atoms with Crippen molar-refractivity contribution in [3.8, 4) is 5.75 Å². The summed E-state index contributed by atoms with van der Waals surface area (Å²) in [5.41, 5.74) is 0. The van der Waals surface area contributed by atoms with Gasteiger partial charge in [-0.25, -0.2) is 8.42 Å². The molecule has 16 heavy (non-hydrogen) atoms. The summed E-state index contributed by atoms with van der Waals surface area (Å²) in [4.78, 5) is 0. The molecule has 0 saturated carbocycles. The van der Waals surface area contributed by atoms with Crippen molar-refractivity contribution in [1.29, 1.82) is 0 Å². The van der Waals surface area contributed by atoms with E-state index in [1.807, 2.05) is 0 Å². The van der Waals surface area contributed by atoms with E-state index in [1.54, 1.807) is 4.68 Å². The van der Waals surface area contributed by atoms with Crippen LogP contribution >= 0.6 is 11.6 Å². The molecule has 1 aliphatic rings. The molecule has 0 spiro atoms. The lowest BCUT2D eigenvalue weighted by Gasteiger charge is -2.08. The molecule has 0 aromatic carbocycles. The van der Waals surface area contributed by atoms with Gasteiger partial charge in [-0.2, -0.15) is 5.10 Å². The van der Waals surface area contributed by atoms with Crippen molar-refractivity contribution in [3.05, 3.63) is 11.3 Å². The molecule has 1 atom stereocenters. The van der Waals surface area contributed by atoms with Crippen LogP contribution in [0.3, 0.4) is 0 Å². The summed E-state index contributed by atoms with van der Waals surface area (Å²) < 4.78 is 29.2. The molecule has 0 bridgehead atoms. The average molecular weight is 265 g/mol. The molecule has 7 heteroatoms. The normalized spacial score (nSPS) is 23.5. The molecule has 1 saturated heterocycles. The van der Waals surface area contributed by atoms with Crippen LogP contribution in [-0.4, -0.2) is 36.8 Å². The van der Waals surface area contributed by atoms with Gasteiger partial charge in [-0.15, -0.1) is 0 Å². The molecule has 2 rings (SSSR count). The van der Waals surface area contributed by atoms with Gasteiger partial charge in [0.2, 0.25) is 0 Å². The van der Waals surface area contributed by atoms with E-state index in [1.165, 1.54) is 13.3 Å². The topological polar surface area (TPSA) is 61.2 Å². The van der Waals surface area contributed by atoms with Crippen LogP contribution in [0.15, 0.2) is 6.20 Å². The van der Waals surface area contributed by atoms with Crippen molar-refractivity contribution in [2.45, 2.75) is 13.0 Å². The molecule has 0 aliphatic carbocycles. The Morgan fingerprint density at radius 1 is 1.69 bits per heavy atom. The van der Waals surface area contributed by atoms with Gasteiger partial charge in [0.25, 0.3) is 0 Å². The van der Waals surface area contributed by atoms with Gasteiger partial charge in [0, 0.05) is 6.54 Å². The van der Waals surface area contributed by atoms with E-state index in [2.05, 4.69) is 5.10 Å². The first-order chi connectivity index (χ1) is 7.52. The van der Waals surface area contributed by atoms with Crippen LogP contribution < -0.4 is 4.74 Å². The van der Waals surface area contributed by atoms with E-state index >= 15 is 0 Å². The van der Waals surface area contributed by atoms with Gasteiger partial charge >= 0.3 is 0 Å². The van der Waals surface area contributed by atoms with Crippen LogP contribution in [0.5, 0.6) is 5.75 Å². The van der Waals surface area contributed by atoms with E-state index in [0.29, 0.717) is 23.9 Å². The lowest BCUT2D eigenvalue weighted by atomic mass is 10.1. The summed E-state index contributed by atoms with van der Waals surface area (Å²) in [6.45, 7) is 0.529. The number of aromatic nitrogens is 2. The Kier molecular flexibility index (Phi) is 3.12. The van der Waals surface area contributed by atoms with Crippen LogP contribution in [0.1, 0.15) is 6.42 Å². The number of methoxy groups -OCH3 is 1. The molecule has 0 N–H and O–H groups in total. The van der Waals surface area contributed by atoms with Gasteiger partial charge in [0.1, 0.15) is 0 Å². The number of hydrogen-bond donors (Lipinski definition) is 0. The highest BCUT2D eigenvalue weighted by atomic mass is 35.5. The third-order valence-electron chi connectivity index (χ3n) is 2.72. The van der Waals surface area contributed by atoms with E-state index in [4.69, 9.17) is 16.3 Å². The summed E-state index contributed by atoms with van der Waals surface area (Å²) >= 11 is 6.00. The highest BCUT2D eigenvalue weighted by Crippen LogP contribution is 2.26. The zero-order chi connectivity index (χ0) is 11.8. The summed E-state index contributed by atoms with van der Waals surface area (Å²) in [5, 5.41) is 4.49. The number of sulfone groups is 1. The van der Waals surface area contributed by atoms with Crippen LogP contribution in [0.4, 0.5) is 0 Å². The maximum atomic E-state index is 11.3. The van der Waals surface area contributed by atoms with Crippen molar-refractivity contribution in [2.75, 3.05) is 18.6 Å². The van der Waals surface area contributed by atoms with Crippen molar-refractivity contribution >= 4 is 21.4 Å². The van der Waals surface area contributed by atoms with Gasteiger partial charge in [-0.05, 0) is 12.3 Å². The predicted octanol–water partition coefficient (Wildman–Crippen LogP) is 0.980. The molecule has 2 heterocycles. The van der Waals surface area contributed by atoms with E-state index in [-0.39, 0.29) is 17.4 Å². The Labute approximate surface area is 99.3 Å². The smallest absolute Gasteiger partial charge is 0.175 e. The first kappa shape index (κ1) is 11.7. The lowest BCUT2D eigenvalue weighted by molar-refractivity contribution is 0.411. The van der Waals surface area contributed by atoms with Crippen molar-refractivity contribution in [2.24, 2.45) is 5.92 Å². The van der Waals surface area contributed by atoms with Crippen molar-refractivity contribution < 1.29 is 13.2 Å². The fourth-order valence-electron chi connectivity index (χ4n) is 1.88. The molecule has 1 fully saturated rings. The molecule has 1 unspecified atom stereocenters. The first-order valence-corrected chi connectivity index (χ1v) is 7.17. The lowest BCUT2D eigenvalue weighted by Crippen LogP contribution is -2.13. The molecule has 0 radical (unpaired) electrons. The maximum Gasteiger partial charge on any atom is 0.175 e. The summed E-state index contributed by atoms with van der Waals surface area (Å²) in [6.07, 6.45) is 2.21. The molecule has 1 aliphatic heterocycles. The Balaban J connectivity index is 2.08. The molecular formula is C9H13ClN2O3S. The monoisotopic (exact) mass is 264 g/mol. The second-order valence-electron chi connectivity index (χ2n) is 3.95. The summed E-state index contributed by atoms with van der Waals surface area (Å²) in [7, 11) is -1.32. The standard InChI is InChI=1S/C9H13ClN2O3S/c1-15-8-4-11-12(9(8)10)5-7-2-3-16(13,14)6-7/h4,7H,2-3,5-6H2,1H3. The maximum absolute atomic E-state index is 11.3. The minimum atomic E-state index is -2.84. The fourth-order valence-corrected chi connectivity index (χ4v) is 3.97. The van der Waals surface area contributed by atoms with Crippen molar-refractivity contribution in [3.63, 3.8) is 0 Å². The quantitative estimate of drug-likeness (QED) is 0.817.